The van der Waals surface area contributed by atoms with Gasteiger partial charge in [-0.3, -0.25) is 0 Å². The molecule has 0 saturated carbocycles. The Hall–Kier alpha value is -1.36. The highest BCUT2D eigenvalue weighted by Crippen LogP contribution is 2.12. The second kappa shape index (κ2) is 7.87. The highest BCUT2D eigenvalue weighted by Gasteiger charge is 2.01. The summed E-state index contributed by atoms with van der Waals surface area (Å²) in [7, 11) is 4.18. The molecule has 0 fully saturated rings. The van der Waals surface area contributed by atoms with E-state index in [1.54, 1.807) is 0 Å². The standard InChI is InChI=1S/C13H24N4O/c1-11(2)18-13-9-12(15-10-16-13)14-7-5-6-8-17(3)4/h9-11H,5-8H2,1-4H3,(H,14,15,16). The Balaban J connectivity index is 2.29. The van der Waals surface area contributed by atoms with Crippen molar-refractivity contribution >= 4 is 5.82 Å². The largest absolute Gasteiger partial charge is 0.475 e. The summed E-state index contributed by atoms with van der Waals surface area (Å²) in [5.74, 6) is 1.45. The molecule has 1 heterocycles. The van der Waals surface area contributed by atoms with Gasteiger partial charge in [0.1, 0.15) is 12.1 Å². The van der Waals surface area contributed by atoms with E-state index in [1.165, 1.54) is 12.7 Å². The van der Waals surface area contributed by atoms with E-state index >= 15 is 0 Å². The molecule has 1 N–H and O–H groups in total. The van der Waals surface area contributed by atoms with Gasteiger partial charge in [-0.15, -0.1) is 0 Å². The molecule has 0 saturated heterocycles. The van der Waals surface area contributed by atoms with E-state index < -0.39 is 0 Å². The van der Waals surface area contributed by atoms with Gasteiger partial charge in [0.2, 0.25) is 5.88 Å². The summed E-state index contributed by atoms with van der Waals surface area (Å²) in [6, 6.07) is 1.84. The van der Waals surface area contributed by atoms with Crippen LogP contribution in [-0.2, 0) is 0 Å². The van der Waals surface area contributed by atoms with E-state index in [1.807, 2.05) is 19.9 Å². The Morgan fingerprint density at radius 1 is 1.28 bits per heavy atom. The van der Waals surface area contributed by atoms with E-state index in [0.717, 1.165) is 25.3 Å². The maximum atomic E-state index is 5.52. The first-order valence-corrected chi connectivity index (χ1v) is 6.45. The second-order valence-corrected chi connectivity index (χ2v) is 4.85. The summed E-state index contributed by atoms with van der Waals surface area (Å²) in [6.45, 7) is 6.01. The molecule has 0 aliphatic carbocycles. The Bertz CT molecular complexity index is 342. The Morgan fingerprint density at radius 3 is 2.72 bits per heavy atom. The molecule has 5 heteroatoms. The van der Waals surface area contributed by atoms with Gasteiger partial charge in [-0.05, 0) is 47.3 Å². The number of hydrogen-bond acceptors (Lipinski definition) is 5. The first-order chi connectivity index (χ1) is 8.58. The van der Waals surface area contributed by atoms with Crippen molar-refractivity contribution in [3.05, 3.63) is 12.4 Å². The summed E-state index contributed by atoms with van der Waals surface area (Å²) in [4.78, 5) is 10.4. The lowest BCUT2D eigenvalue weighted by Gasteiger charge is -2.11. The highest BCUT2D eigenvalue weighted by atomic mass is 16.5. The van der Waals surface area contributed by atoms with Gasteiger partial charge in [-0.1, -0.05) is 0 Å². The third-order valence-electron chi connectivity index (χ3n) is 2.34. The first kappa shape index (κ1) is 14.7. The fourth-order valence-corrected chi connectivity index (χ4v) is 1.51. The highest BCUT2D eigenvalue weighted by molar-refractivity contribution is 5.36. The van der Waals surface area contributed by atoms with Crippen molar-refractivity contribution in [2.45, 2.75) is 32.8 Å². The number of aromatic nitrogens is 2. The minimum Gasteiger partial charge on any atom is -0.475 e. The average molecular weight is 252 g/mol. The van der Waals surface area contributed by atoms with Crippen molar-refractivity contribution in [1.29, 1.82) is 0 Å². The van der Waals surface area contributed by atoms with E-state index in [2.05, 4.69) is 34.3 Å². The molecule has 0 radical (unpaired) electrons. The van der Waals surface area contributed by atoms with Crippen LogP contribution in [0.25, 0.3) is 0 Å². The average Bonchev–Trinajstić information content (AvgIpc) is 2.27. The Labute approximate surface area is 110 Å². The molecule has 0 unspecified atom stereocenters. The zero-order valence-corrected chi connectivity index (χ0v) is 11.8. The maximum absolute atomic E-state index is 5.52. The summed E-state index contributed by atoms with van der Waals surface area (Å²) in [6.07, 6.45) is 3.97. The number of rotatable bonds is 8. The third-order valence-corrected chi connectivity index (χ3v) is 2.34. The minimum atomic E-state index is 0.132. The van der Waals surface area contributed by atoms with Crippen molar-refractivity contribution < 1.29 is 4.74 Å². The molecule has 0 atom stereocenters. The smallest absolute Gasteiger partial charge is 0.218 e. The van der Waals surface area contributed by atoms with E-state index in [4.69, 9.17) is 4.74 Å². The molecule has 5 nitrogen and oxygen atoms in total. The molecule has 0 amide bonds. The van der Waals surface area contributed by atoms with Gasteiger partial charge in [-0.2, -0.15) is 0 Å². The molecule has 18 heavy (non-hydrogen) atoms. The van der Waals surface area contributed by atoms with Gasteiger partial charge in [-0.25, -0.2) is 9.97 Å². The zero-order valence-electron chi connectivity index (χ0n) is 11.8. The molecule has 0 aliphatic heterocycles. The predicted octanol–water partition coefficient (Wildman–Crippen LogP) is 2.02. The zero-order chi connectivity index (χ0) is 13.4. The molecule has 0 bridgehead atoms. The van der Waals surface area contributed by atoms with Crippen LogP contribution < -0.4 is 10.1 Å². The first-order valence-electron chi connectivity index (χ1n) is 6.45. The van der Waals surface area contributed by atoms with E-state index in [-0.39, 0.29) is 6.10 Å². The van der Waals surface area contributed by atoms with Crippen molar-refractivity contribution in [2.75, 3.05) is 32.5 Å². The van der Waals surface area contributed by atoms with E-state index in [9.17, 15) is 0 Å². The fourth-order valence-electron chi connectivity index (χ4n) is 1.51. The molecule has 1 rings (SSSR count). The summed E-state index contributed by atoms with van der Waals surface area (Å²) >= 11 is 0. The number of anilines is 1. The predicted molar refractivity (Wildman–Crippen MR) is 74.1 cm³/mol. The van der Waals surface area contributed by atoms with Crippen molar-refractivity contribution in [2.24, 2.45) is 0 Å². The topological polar surface area (TPSA) is 50.3 Å². The Morgan fingerprint density at radius 2 is 2.06 bits per heavy atom. The maximum Gasteiger partial charge on any atom is 0.218 e. The normalized spacial score (nSPS) is 11.0. The lowest BCUT2D eigenvalue weighted by atomic mass is 10.3. The molecule has 0 aliphatic rings. The monoisotopic (exact) mass is 252 g/mol. The molecule has 1 aromatic heterocycles. The lowest BCUT2D eigenvalue weighted by molar-refractivity contribution is 0.232. The van der Waals surface area contributed by atoms with Gasteiger partial charge in [0, 0.05) is 12.6 Å². The lowest BCUT2D eigenvalue weighted by Crippen LogP contribution is -2.14. The number of nitrogens with one attached hydrogen (secondary N) is 1. The molecular weight excluding hydrogens is 228 g/mol. The van der Waals surface area contributed by atoms with Crippen molar-refractivity contribution in [3.8, 4) is 5.88 Å². The SMILES string of the molecule is CC(C)Oc1cc(NCCCCN(C)C)ncn1. The van der Waals surface area contributed by atoms with Crippen LogP contribution in [0.15, 0.2) is 12.4 Å². The molecule has 0 spiro atoms. The van der Waals surface area contributed by atoms with Crippen LogP contribution in [0.5, 0.6) is 5.88 Å². The summed E-state index contributed by atoms with van der Waals surface area (Å²) in [5, 5.41) is 3.28. The Kier molecular flexibility index (Phi) is 6.43. The van der Waals surface area contributed by atoms with Crippen LogP contribution in [-0.4, -0.2) is 48.2 Å². The number of unbranched alkanes of at least 4 members (excludes halogenated alkanes) is 1. The van der Waals surface area contributed by atoms with Gasteiger partial charge in [0.05, 0.1) is 6.10 Å². The quantitative estimate of drug-likeness (QED) is 0.717. The third kappa shape index (κ3) is 6.39. The molecule has 0 aromatic carbocycles. The van der Waals surface area contributed by atoms with Crippen molar-refractivity contribution in [3.63, 3.8) is 0 Å². The van der Waals surface area contributed by atoms with Crippen LogP contribution >= 0.6 is 0 Å². The van der Waals surface area contributed by atoms with Gasteiger partial charge in [0.25, 0.3) is 0 Å². The van der Waals surface area contributed by atoms with Crippen LogP contribution in [0, 0.1) is 0 Å². The molecule has 1 aromatic rings. The van der Waals surface area contributed by atoms with Gasteiger partial charge in [0.15, 0.2) is 0 Å². The van der Waals surface area contributed by atoms with Crippen LogP contribution in [0.1, 0.15) is 26.7 Å². The molecule has 102 valence electrons. The van der Waals surface area contributed by atoms with Gasteiger partial charge >= 0.3 is 0 Å². The number of nitrogens with zero attached hydrogens (tertiary/aromatic N) is 3. The number of hydrogen-bond donors (Lipinski definition) is 1. The summed E-state index contributed by atoms with van der Waals surface area (Å²) < 4.78 is 5.52. The summed E-state index contributed by atoms with van der Waals surface area (Å²) in [5.41, 5.74) is 0. The van der Waals surface area contributed by atoms with Crippen LogP contribution in [0.3, 0.4) is 0 Å². The van der Waals surface area contributed by atoms with Crippen LogP contribution in [0.2, 0.25) is 0 Å². The minimum absolute atomic E-state index is 0.132. The molecular formula is C13H24N4O. The number of ether oxygens (including phenoxy) is 1. The fraction of sp³-hybridized carbons (Fsp3) is 0.692. The van der Waals surface area contributed by atoms with E-state index in [0.29, 0.717) is 5.88 Å². The van der Waals surface area contributed by atoms with Crippen molar-refractivity contribution in [1.82, 2.24) is 14.9 Å². The van der Waals surface area contributed by atoms with Crippen LogP contribution in [0.4, 0.5) is 5.82 Å². The van der Waals surface area contributed by atoms with Gasteiger partial charge < -0.3 is 15.0 Å². The second-order valence-electron chi connectivity index (χ2n) is 4.85.